The van der Waals surface area contributed by atoms with Crippen molar-refractivity contribution in [3.63, 3.8) is 0 Å². The summed E-state index contributed by atoms with van der Waals surface area (Å²) in [4.78, 5) is 14.5. The van der Waals surface area contributed by atoms with E-state index in [-0.39, 0.29) is 35.8 Å². The second-order valence-corrected chi connectivity index (χ2v) is 12.8. The van der Waals surface area contributed by atoms with E-state index in [1.165, 1.54) is 6.42 Å². The van der Waals surface area contributed by atoms with Crippen LogP contribution < -0.4 is 0 Å². The van der Waals surface area contributed by atoms with Crippen LogP contribution in [0.5, 0.6) is 0 Å². The van der Waals surface area contributed by atoms with Gasteiger partial charge in [-0.15, -0.1) is 0 Å². The summed E-state index contributed by atoms with van der Waals surface area (Å²) in [6.45, 7) is 8.00. The van der Waals surface area contributed by atoms with E-state index in [0.717, 1.165) is 32.1 Å². The van der Waals surface area contributed by atoms with Gasteiger partial charge in [-0.2, -0.15) is 0 Å². The van der Waals surface area contributed by atoms with Crippen LogP contribution in [0.2, 0.25) is 0 Å². The summed E-state index contributed by atoms with van der Waals surface area (Å²) in [5.74, 6) is 0.0925. The molecule has 3 saturated carbocycles. The third-order valence-corrected chi connectivity index (χ3v) is 10.8. The summed E-state index contributed by atoms with van der Waals surface area (Å²) in [7, 11) is 1.76. The first-order chi connectivity index (χ1) is 16.4. The Bertz CT molecular complexity index is 938. The molecular formula is C28H43NO6. The lowest BCUT2D eigenvalue weighted by Crippen LogP contribution is -2.66. The number of carbonyl (C=O) groups excluding carboxylic acids is 1. The third-order valence-electron chi connectivity index (χ3n) is 10.8. The molecule has 5 aliphatic carbocycles. The Balaban J connectivity index is 1.48. The summed E-state index contributed by atoms with van der Waals surface area (Å²) >= 11 is 0. The highest BCUT2D eigenvalue weighted by atomic mass is 16.6. The maximum Gasteiger partial charge on any atom is 0.410 e. The van der Waals surface area contributed by atoms with E-state index in [4.69, 9.17) is 4.74 Å². The van der Waals surface area contributed by atoms with Crippen molar-refractivity contribution in [1.82, 2.24) is 4.90 Å². The van der Waals surface area contributed by atoms with Gasteiger partial charge in [0.2, 0.25) is 0 Å². The fourth-order valence-electron chi connectivity index (χ4n) is 8.59. The van der Waals surface area contributed by atoms with E-state index in [0.29, 0.717) is 17.1 Å². The first kappa shape index (κ1) is 25.2. The van der Waals surface area contributed by atoms with Crippen LogP contribution in [0.25, 0.3) is 0 Å². The molecule has 0 radical (unpaired) electrons. The lowest BCUT2D eigenvalue weighted by atomic mass is 9.58. The summed E-state index contributed by atoms with van der Waals surface area (Å²) in [6.07, 6.45) is 5.57. The number of hydrogen-bond donors (Lipinski definition) is 4. The van der Waals surface area contributed by atoms with Crippen molar-refractivity contribution >= 4 is 6.09 Å². The fraction of sp³-hybridized carbons (Fsp3) is 0.821. The molecule has 0 aliphatic heterocycles. The summed E-state index contributed by atoms with van der Waals surface area (Å²) in [6, 6.07) is 0.152. The van der Waals surface area contributed by atoms with Gasteiger partial charge < -0.3 is 30.1 Å². The van der Waals surface area contributed by atoms with E-state index in [1.54, 1.807) is 18.9 Å². The second-order valence-electron chi connectivity index (χ2n) is 12.8. The third kappa shape index (κ3) is 3.34. The number of rotatable bonds is 3. The first-order valence-electron chi connectivity index (χ1n) is 13.4. The molecular weight excluding hydrogens is 446 g/mol. The Morgan fingerprint density at radius 3 is 2.46 bits per heavy atom. The van der Waals surface area contributed by atoms with Gasteiger partial charge in [-0.1, -0.05) is 52.2 Å². The van der Waals surface area contributed by atoms with Crippen molar-refractivity contribution in [2.45, 2.75) is 96.2 Å². The van der Waals surface area contributed by atoms with Gasteiger partial charge in [-0.05, 0) is 60.5 Å². The summed E-state index contributed by atoms with van der Waals surface area (Å²) < 4.78 is 5.69. The lowest BCUT2D eigenvalue weighted by molar-refractivity contribution is -0.215. The molecule has 2 bridgehead atoms. The zero-order valence-electron chi connectivity index (χ0n) is 21.8. The highest BCUT2D eigenvalue weighted by Gasteiger charge is 2.75. The largest absolute Gasteiger partial charge is 0.445 e. The minimum atomic E-state index is -2.00. The smallest absolute Gasteiger partial charge is 0.410 e. The highest BCUT2D eigenvalue weighted by Crippen LogP contribution is 2.72. The molecule has 7 heteroatoms. The maximum atomic E-state index is 12.9. The molecule has 0 heterocycles. The SMILES string of the molecule is CC1=C[C@]23C(O)[C@@H](C=C(COC(=O)N(C)C4CCCCC4)[C@@H](O)[C@]2(O)[C@H]1O)[C@H]1[C@@H](C[C@H]3C)C1(C)C. The molecule has 35 heavy (non-hydrogen) atoms. The number of ether oxygens (including phenoxy) is 1. The van der Waals surface area contributed by atoms with Crippen LogP contribution in [-0.4, -0.2) is 75.0 Å². The predicted molar refractivity (Wildman–Crippen MR) is 131 cm³/mol. The molecule has 5 aliphatic rings. The summed E-state index contributed by atoms with van der Waals surface area (Å²) in [5, 5.41) is 46.9. The van der Waals surface area contributed by atoms with Crippen molar-refractivity contribution in [2.24, 2.45) is 34.5 Å². The van der Waals surface area contributed by atoms with Gasteiger partial charge in [0.15, 0.2) is 0 Å². The van der Waals surface area contributed by atoms with Crippen LogP contribution in [0.3, 0.4) is 0 Å². The van der Waals surface area contributed by atoms with Gasteiger partial charge in [0, 0.05) is 19.0 Å². The zero-order valence-corrected chi connectivity index (χ0v) is 21.8. The molecule has 0 aromatic rings. The molecule has 3 fully saturated rings. The molecule has 7 nitrogen and oxygen atoms in total. The van der Waals surface area contributed by atoms with E-state index >= 15 is 0 Å². The molecule has 1 unspecified atom stereocenters. The Kier molecular flexibility index (Phi) is 5.99. The van der Waals surface area contributed by atoms with Crippen LogP contribution in [0.15, 0.2) is 23.3 Å². The van der Waals surface area contributed by atoms with Gasteiger partial charge in [0.05, 0.1) is 11.5 Å². The van der Waals surface area contributed by atoms with E-state index in [2.05, 4.69) is 13.8 Å². The van der Waals surface area contributed by atoms with Crippen LogP contribution in [0.4, 0.5) is 4.79 Å². The average molecular weight is 490 g/mol. The second kappa shape index (κ2) is 8.30. The lowest BCUT2D eigenvalue weighted by Gasteiger charge is -2.51. The van der Waals surface area contributed by atoms with E-state index in [9.17, 15) is 25.2 Å². The number of amides is 1. The molecule has 0 saturated heterocycles. The summed E-state index contributed by atoms with van der Waals surface area (Å²) in [5.41, 5.74) is -2.24. The van der Waals surface area contributed by atoms with Gasteiger partial charge in [-0.3, -0.25) is 0 Å². The van der Waals surface area contributed by atoms with E-state index in [1.807, 2.05) is 19.1 Å². The van der Waals surface area contributed by atoms with Crippen molar-refractivity contribution in [1.29, 1.82) is 0 Å². The molecule has 0 aromatic heterocycles. The van der Waals surface area contributed by atoms with Gasteiger partial charge in [0.1, 0.15) is 24.4 Å². The quantitative estimate of drug-likeness (QED) is 0.454. The Morgan fingerprint density at radius 2 is 1.80 bits per heavy atom. The van der Waals surface area contributed by atoms with Crippen molar-refractivity contribution < 1.29 is 30.0 Å². The Labute approximate surface area is 208 Å². The molecule has 0 aromatic carbocycles. The van der Waals surface area contributed by atoms with Crippen LogP contribution >= 0.6 is 0 Å². The van der Waals surface area contributed by atoms with Crippen molar-refractivity contribution in [3.8, 4) is 0 Å². The van der Waals surface area contributed by atoms with Gasteiger partial charge >= 0.3 is 6.09 Å². The van der Waals surface area contributed by atoms with Gasteiger partial charge in [0.25, 0.3) is 0 Å². The van der Waals surface area contributed by atoms with Crippen LogP contribution in [0.1, 0.15) is 66.2 Å². The topological polar surface area (TPSA) is 110 Å². The van der Waals surface area contributed by atoms with Crippen molar-refractivity contribution in [2.75, 3.05) is 13.7 Å². The standard InChI is InChI=1S/C28H43NO6/c1-15-13-27-16(2)11-20-21(26(20,3)4)19(24(27)32)12-17(23(31)28(27,34)22(15)30)14-35-25(33)29(5)18-9-7-6-8-10-18/h12-13,16,18-24,30-32,34H,6-11,14H2,1-5H3/t16-,19+,20-,21+,22+,23-,24?,27+,28-/m1/s1. The Hall–Kier alpha value is -1.41. The minimum Gasteiger partial charge on any atom is -0.445 e. The van der Waals surface area contributed by atoms with Crippen LogP contribution in [-0.2, 0) is 4.74 Å². The monoisotopic (exact) mass is 489 g/mol. The number of carbonyl (C=O) groups is 1. The first-order valence-corrected chi connectivity index (χ1v) is 13.4. The molecule has 196 valence electrons. The number of nitrogens with zero attached hydrogens (tertiary/aromatic N) is 1. The predicted octanol–water partition coefficient (Wildman–Crippen LogP) is 3.02. The normalized spacial score (nSPS) is 46.4. The number of hydrogen-bond acceptors (Lipinski definition) is 6. The number of fused-ring (bicyclic) bond motifs is 3. The number of aliphatic hydroxyl groups excluding tert-OH is 3. The molecule has 5 rings (SSSR count). The maximum absolute atomic E-state index is 12.9. The fourth-order valence-corrected chi connectivity index (χ4v) is 8.59. The molecule has 1 spiro atoms. The minimum absolute atomic E-state index is 0.0321. The Morgan fingerprint density at radius 1 is 1.14 bits per heavy atom. The highest BCUT2D eigenvalue weighted by molar-refractivity contribution is 5.68. The molecule has 9 atom stereocenters. The van der Waals surface area contributed by atoms with Crippen LogP contribution in [0, 0.1) is 34.5 Å². The molecule has 1 amide bonds. The van der Waals surface area contributed by atoms with Gasteiger partial charge in [-0.25, -0.2) is 4.79 Å². The van der Waals surface area contributed by atoms with E-state index < -0.39 is 35.4 Å². The number of aliphatic hydroxyl groups is 4. The average Bonchev–Trinajstić information content (AvgIpc) is 3.34. The zero-order chi connectivity index (χ0) is 25.5. The molecule has 4 N–H and O–H groups in total. The van der Waals surface area contributed by atoms with Crippen molar-refractivity contribution in [3.05, 3.63) is 23.3 Å².